The molecule has 0 saturated heterocycles. The number of esters is 1. The summed E-state index contributed by atoms with van der Waals surface area (Å²) in [5.74, 6) is -0.588. The number of rotatable bonds is 5. The Bertz CT molecular complexity index is 549. The van der Waals surface area contributed by atoms with Crippen LogP contribution in [0.5, 0.6) is 0 Å². The van der Waals surface area contributed by atoms with Crippen LogP contribution in [0.3, 0.4) is 0 Å². The van der Waals surface area contributed by atoms with E-state index < -0.39 is 11.6 Å². The number of hydrogen-bond acceptors (Lipinski definition) is 4. The summed E-state index contributed by atoms with van der Waals surface area (Å²) in [6.07, 6.45) is 1.36. The van der Waals surface area contributed by atoms with Crippen LogP contribution < -0.4 is 5.32 Å². The number of hydrogen-bond donors (Lipinski definition) is 1. The van der Waals surface area contributed by atoms with Crippen LogP contribution >= 0.6 is 11.3 Å². The minimum Gasteiger partial charge on any atom is -0.458 e. The van der Waals surface area contributed by atoms with Gasteiger partial charge in [-0.15, -0.1) is 11.3 Å². The van der Waals surface area contributed by atoms with Gasteiger partial charge in [-0.3, -0.25) is 4.79 Å². The van der Waals surface area contributed by atoms with Gasteiger partial charge in [0.05, 0.1) is 4.88 Å². The van der Waals surface area contributed by atoms with Crippen LogP contribution in [0.25, 0.3) is 0 Å². The van der Waals surface area contributed by atoms with E-state index >= 15 is 0 Å². The molecule has 1 N–H and O–H groups in total. The molecule has 1 amide bonds. The number of amides is 1. The molecule has 0 aliphatic heterocycles. The lowest BCUT2D eigenvalue weighted by Gasteiger charge is -2.24. The number of carbonyl (C=O) groups is 2. The topological polar surface area (TPSA) is 55.4 Å². The lowest BCUT2D eigenvalue weighted by atomic mass is 9.95. The summed E-state index contributed by atoms with van der Waals surface area (Å²) >= 11 is 1.47. The molecule has 1 atom stereocenters. The van der Waals surface area contributed by atoms with Crippen molar-refractivity contribution in [1.29, 1.82) is 0 Å². The van der Waals surface area contributed by atoms with E-state index in [-0.39, 0.29) is 17.3 Å². The summed E-state index contributed by atoms with van der Waals surface area (Å²) in [4.78, 5) is 26.4. The van der Waals surface area contributed by atoms with Crippen LogP contribution in [0.15, 0.2) is 12.1 Å². The fraction of sp³-hybridized carbons (Fsp3) is 0.667. The van der Waals surface area contributed by atoms with E-state index in [1.165, 1.54) is 11.3 Å². The van der Waals surface area contributed by atoms with Crippen molar-refractivity contribution in [3.8, 4) is 0 Å². The standard InChI is InChI=1S/C18H29NO3S/c1-8-9-12(16(21)22-18(5,6)7)19-15(20)13-10-11-14(23-13)17(2,3)4/h10-12H,8-9H2,1-7H3,(H,19,20). The van der Waals surface area contributed by atoms with Crippen LogP contribution in [-0.2, 0) is 14.9 Å². The third-order valence-electron chi connectivity index (χ3n) is 3.14. The summed E-state index contributed by atoms with van der Waals surface area (Å²) < 4.78 is 5.40. The molecule has 1 heterocycles. The van der Waals surface area contributed by atoms with Crippen LogP contribution in [0.2, 0.25) is 0 Å². The number of carbonyl (C=O) groups excluding carboxylic acids is 2. The first kappa shape index (κ1) is 19.7. The molecule has 0 radical (unpaired) electrons. The Kier molecular flexibility index (Phi) is 6.40. The second-order valence-electron chi connectivity index (χ2n) is 7.76. The first-order valence-electron chi connectivity index (χ1n) is 8.08. The van der Waals surface area contributed by atoms with Gasteiger partial charge in [-0.1, -0.05) is 34.1 Å². The fourth-order valence-corrected chi connectivity index (χ4v) is 2.97. The van der Waals surface area contributed by atoms with Crippen molar-refractivity contribution >= 4 is 23.2 Å². The van der Waals surface area contributed by atoms with Crippen molar-refractivity contribution in [2.24, 2.45) is 0 Å². The smallest absolute Gasteiger partial charge is 0.329 e. The molecule has 1 rings (SSSR count). The third kappa shape index (κ3) is 6.34. The Hall–Kier alpha value is -1.36. The molecule has 0 aliphatic rings. The molecule has 5 heteroatoms. The van der Waals surface area contributed by atoms with Crippen molar-refractivity contribution in [1.82, 2.24) is 5.32 Å². The molecule has 0 aromatic carbocycles. The molecule has 0 aliphatic carbocycles. The number of nitrogens with one attached hydrogen (secondary N) is 1. The number of ether oxygens (including phenoxy) is 1. The van der Waals surface area contributed by atoms with E-state index in [4.69, 9.17) is 4.74 Å². The Morgan fingerprint density at radius 1 is 1.17 bits per heavy atom. The lowest BCUT2D eigenvalue weighted by Crippen LogP contribution is -2.43. The fourth-order valence-electron chi connectivity index (χ4n) is 2.00. The summed E-state index contributed by atoms with van der Waals surface area (Å²) in [5, 5.41) is 2.82. The third-order valence-corrected chi connectivity index (χ3v) is 4.65. The molecule has 23 heavy (non-hydrogen) atoms. The molecule has 1 aromatic heterocycles. The predicted octanol–water partition coefficient (Wildman–Crippen LogP) is 4.29. The van der Waals surface area contributed by atoms with Crippen molar-refractivity contribution in [3.05, 3.63) is 21.9 Å². The average Bonchev–Trinajstić information content (AvgIpc) is 2.85. The van der Waals surface area contributed by atoms with Gasteiger partial charge in [0.15, 0.2) is 0 Å². The first-order valence-corrected chi connectivity index (χ1v) is 8.89. The van der Waals surface area contributed by atoms with Gasteiger partial charge in [-0.25, -0.2) is 4.79 Å². The van der Waals surface area contributed by atoms with E-state index in [9.17, 15) is 9.59 Å². The zero-order valence-corrected chi connectivity index (χ0v) is 16.1. The van der Waals surface area contributed by atoms with Crippen LogP contribution in [0.4, 0.5) is 0 Å². The normalized spacial score (nSPS) is 13.5. The molecular weight excluding hydrogens is 310 g/mol. The molecule has 0 fully saturated rings. The highest BCUT2D eigenvalue weighted by molar-refractivity contribution is 7.14. The maximum absolute atomic E-state index is 12.4. The van der Waals surface area contributed by atoms with Gasteiger partial charge in [0.2, 0.25) is 0 Å². The first-order chi connectivity index (χ1) is 10.4. The monoisotopic (exact) mass is 339 g/mol. The van der Waals surface area contributed by atoms with Gasteiger partial charge >= 0.3 is 5.97 Å². The zero-order valence-electron chi connectivity index (χ0n) is 15.3. The molecule has 0 saturated carbocycles. The van der Waals surface area contributed by atoms with Gasteiger partial charge < -0.3 is 10.1 Å². The van der Waals surface area contributed by atoms with Crippen molar-refractivity contribution in [3.63, 3.8) is 0 Å². The highest BCUT2D eigenvalue weighted by Gasteiger charge is 2.27. The maximum Gasteiger partial charge on any atom is 0.329 e. The number of thiophene rings is 1. The van der Waals surface area contributed by atoms with Gasteiger partial charge in [0.25, 0.3) is 5.91 Å². The minimum atomic E-state index is -0.605. The highest BCUT2D eigenvalue weighted by Crippen LogP contribution is 2.29. The van der Waals surface area contributed by atoms with E-state index in [0.717, 1.165) is 11.3 Å². The average molecular weight is 340 g/mol. The Morgan fingerprint density at radius 2 is 1.78 bits per heavy atom. The van der Waals surface area contributed by atoms with Gasteiger partial charge in [-0.2, -0.15) is 0 Å². The van der Waals surface area contributed by atoms with E-state index in [2.05, 4.69) is 26.1 Å². The molecule has 0 bridgehead atoms. The van der Waals surface area contributed by atoms with E-state index in [1.54, 1.807) is 0 Å². The zero-order chi connectivity index (χ0) is 17.8. The van der Waals surface area contributed by atoms with Gasteiger partial charge in [-0.05, 0) is 44.7 Å². The van der Waals surface area contributed by atoms with E-state index in [1.807, 2.05) is 39.8 Å². The van der Waals surface area contributed by atoms with E-state index in [0.29, 0.717) is 11.3 Å². The molecule has 130 valence electrons. The summed E-state index contributed by atoms with van der Waals surface area (Å²) in [6, 6.07) is 3.19. The Morgan fingerprint density at radius 3 is 2.22 bits per heavy atom. The van der Waals surface area contributed by atoms with Gasteiger partial charge in [0, 0.05) is 4.88 Å². The predicted molar refractivity (Wildman–Crippen MR) is 95.0 cm³/mol. The molecule has 0 spiro atoms. The Labute approximate surface area is 143 Å². The molecule has 4 nitrogen and oxygen atoms in total. The SMILES string of the molecule is CCCC(NC(=O)c1ccc(C(C)(C)C)s1)C(=O)OC(C)(C)C. The quantitative estimate of drug-likeness (QED) is 0.814. The highest BCUT2D eigenvalue weighted by atomic mass is 32.1. The minimum absolute atomic E-state index is 0.0111. The maximum atomic E-state index is 12.4. The lowest BCUT2D eigenvalue weighted by molar-refractivity contribution is -0.157. The summed E-state index contributed by atoms with van der Waals surface area (Å²) in [6.45, 7) is 13.8. The molecular formula is C18H29NO3S. The largest absolute Gasteiger partial charge is 0.458 e. The van der Waals surface area contributed by atoms with Crippen molar-refractivity contribution in [2.45, 2.75) is 78.4 Å². The molecule has 1 unspecified atom stereocenters. The molecule has 1 aromatic rings. The van der Waals surface area contributed by atoms with Crippen LogP contribution in [-0.4, -0.2) is 23.5 Å². The second-order valence-corrected chi connectivity index (χ2v) is 8.85. The van der Waals surface area contributed by atoms with Crippen molar-refractivity contribution < 1.29 is 14.3 Å². The Balaban J connectivity index is 2.82. The van der Waals surface area contributed by atoms with Crippen LogP contribution in [0, 0.1) is 0 Å². The summed E-state index contributed by atoms with van der Waals surface area (Å²) in [7, 11) is 0. The summed E-state index contributed by atoms with van der Waals surface area (Å²) in [5.41, 5.74) is -0.548. The van der Waals surface area contributed by atoms with Crippen molar-refractivity contribution in [2.75, 3.05) is 0 Å². The van der Waals surface area contributed by atoms with Crippen LogP contribution in [0.1, 0.15) is 75.9 Å². The second kappa shape index (κ2) is 7.47. The van der Waals surface area contributed by atoms with Gasteiger partial charge in [0.1, 0.15) is 11.6 Å².